The number of hydrogen-bond donors (Lipinski definition) is 1. The smallest absolute Gasteiger partial charge is 0.126 e. The average molecular weight is 269 g/mol. The Kier molecular flexibility index (Phi) is 3.64. The number of aryl methyl sites for hydroxylation is 1. The van der Waals surface area contributed by atoms with Crippen molar-refractivity contribution in [1.29, 1.82) is 0 Å². The molecule has 0 amide bonds. The van der Waals surface area contributed by atoms with E-state index < -0.39 is 11.9 Å². The van der Waals surface area contributed by atoms with Crippen molar-refractivity contribution in [2.24, 2.45) is 0 Å². The normalized spacial score (nSPS) is 12.5. The summed E-state index contributed by atoms with van der Waals surface area (Å²) in [6.45, 7) is 1.60. The molecule has 0 fully saturated rings. The molecule has 2 aromatic rings. The van der Waals surface area contributed by atoms with Crippen LogP contribution in [0.25, 0.3) is 0 Å². The van der Waals surface area contributed by atoms with Crippen LogP contribution in [0.3, 0.4) is 0 Å². The topological polar surface area (TPSA) is 20.2 Å². The molecular formula is C14H11ClF2O. The summed E-state index contributed by atoms with van der Waals surface area (Å²) in [5, 5.41) is 10.3. The molecule has 4 heteroatoms. The standard InChI is InChI=1S/C14H11ClF2O/c1-8-4-9(2-3-13(8)17)14(18)10-5-11(15)7-12(16)6-10/h2-7,14,18H,1H3. The molecule has 2 rings (SSSR count). The monoisotopic (exact) mass is 268 g/mol. The zero-order valence-corrected chi connectivity index (χ0v) is 10.4. The fourth-order valence-corrected chi connectivity index (χ4v) is 1.99. The molecule has 0 spiro atoms. The maximum absolute atomic E-state index is 13.2. The zero-order chi connectivity index (χ0) is 13.3. The van der Waals surface area contributed by atoms with Crippen LogP contribution in [0, 0.1) is 18.6 Å². The van der Waals surface area contributed by atoms with Crippen LogP contribution in [-0.4, -0.2) is 5.11 Å². The van der Waals surface area contributed by atoms with E-state index in [9.17, 15) is 13.9 Å². The molecule has 0 radical (unpaired) electrons. The highest BCUT2D eigenvalue weighted by atomic mass is 35.5. The van der Waals surface area contributed by atoms with Gasteiger partial charge in [0.15, 0.2) is 0 Å². The summed E-state index contributed by atoms with van der Waals surface area (Å²) in [6.07, 6.45) is -1.03. The summed E-state index contributed by atoms with van der Waals surface area (Å²) < 4.78 is 26.3. The van der Waals surface area contributed by atoms with Crippen LogP contribution in [0.4, 0.5) is 8.78 Å². The minimum atomic E-state index is -1.03. The fraction of sp³-hybridized carbons (Fsp3) is 0.143. The van der Waals surface area contributed by atoms with E-state index in [1.165, 1.54) is 30.3 Å². The molecule has 1 nitrogen and oxygen atoms in total. The van der Waals surface area contributed by atoms with Crippen molar-refractivity contribution in [1.82, 2.24) is 0 Å². The largest absolute Gasteiger partial charge is 0.384 e. The first kappa shape index (κ1) is 13.0. The number of aliphatic hydroxyl groups is 1. The quantitative estimate of drug-likeness (QED) is 0.873. The molecule has 18 heavy (non-hydrogen) atoms. The van der Waals surface area contributed by atoms with Crippen molar-refractivity contribution in [3.8, 4) is 0 Å². The minimum Gasteiger partial charge on any atom is -0.384 e. The van der Waals surface area contributed by atoms with Crippen molar-refractivity contribution in [2.75, 3.05) is 0 Å². The Labute approximate surface area is 109 Å². The molecule has 94 valence electrons. The third-order valence-electron chi connectivity index (χ3n) is 2.70. The second-order valence-corrected chi connectivity index (χ2v) is 4.55. The molecule has 0 saturated heterocycles. The van der Waals surface area contributed by atoms with Crippen LogP contribution >= 0.6 is 11.6 Å². The van der Waals surface area contributed by atoms with Gasteiger partial charge in [-0.25, -0.2) is 8.78 Å². The first-order valence-corrected chi connectivity index (χ1v) is 5.75. The number of benzene rings is 2. The molecule has 2 aromatic carbocycles. The Morgan fingerprint density at radius 1 is 1.06 bits per heavy atom. The Morgan fingerprint density at radius 2 is 1.78 bits per heavy atom. The molecule has 0 heterocycles. The van der Waals surface area contributed by atoms with Crippen molar-refractivity contribution < 1.29 is 13.9 Å². The lowest BCUT2D eigenvalue weighted by Crippen LogP contribution is -2.01. The number of hydrogen-bond acceptors (Lipinski definition) is 1. The van der Waals surface area contributed by atoms with Crippen molar-refractivity contribution >= 4 is 11.6 Å². The fourth-order valence-electron chi connectivity index (χ4n) is 1.76. The summed E-state index contributed by atoms with van der Waals surface area (Å²) in [5.74, 6) is -0.862. The van der Waals surface area contributed by atoms with Gasteiger partial charge in [-0.15, -0.1) is 0 Å². The van der Waals surface area contributed by atoms with E-state index in [1.54, 1.807) is 6.92 Å². The minimum absolute atomic E-state index is 0.211. The van der Waals surface area contributed by atoms with Crippen LogP contribution in [0.2, 0.25) is 5.02 Å². The van der Waals surface area contributed by atoms with E-state index in [0.717, 1.165) is 6.07 Å². The van der Waals surface area contributed by atoms with Gasteiger partial charge in [0.25, 0.3) is 0 Å². The van der Waals surface area contributed by atoms with E-state index in [4.69, 9.17) is 11.6 Å². The van der Waals surface area contributed by atoms with Gasteiger partial charge in [-0.05, 0) is 47.9 Å². The molecule has 0 aliphatic heterocycles. The van der Waals surface area contributed by atoms with Crippen LogP contribution in [0.1, 0.15) is 22.8 Å². The maximum atomic E-state index is 13.2. The van der Waals surface area contributed by atoms with Gasteiger partial charge in [-0.3, -0.25) is 0 Å². The molecule has 0 bridgehead atoms. The molecule has 1 N–H and O–H groups in total. The number of rotatable bonds is 2. The van der Waals surface area contributed by atoms with Crippen LogP contribution < -0.4 is 0 Å². The predicted octanol–water partition coefficient (Wildman–Crippen LogP) is 4.01. The Balaban J connectivity index is 2.40. The third kappa shape index (κ3) is 2.68. The highest BCUT2D eigenvalue weighted by Gasteiger charge is 2.13. The SMILES string of the molecule is Cc1cc(C(O)c2cc(F)cc(Cl)c2)ccc1F. The van der Waals surface area contributed by atoms with Gasteiger partial charge >= 0.3 is 0 Å². The molecular weight excluding hydrogens is 258 g/mol. The first-order valence-electron chi connectivity index (χ1n) is 5.37. The molecule has 0 aliphatic carbocycles. The van der Waals surface area contributed by atoms with Crippen molar-refractivity contribution in [3.63, 3.8) is 0 Å². The highest BCUT2D eigenvalue weighted by Crippen LogP contribution is 2.26. The van der Waals surface area contributed by atoms with E-state index in [0.29, 0.717) is 16.7 Å². The van der Waals surface area contributed by atoms with Gasteiger partial charge in [-0.2, -0.15) is 0 Å². The second-order valence-electron chi connectivity index (χ2n) is 4.11. The van der Waals surface area contributed by atoms with Gasteiger partial charge in [0.05, 0.1) is 0 Å². The van der Waals surface area contributed by atoms with Crippen molar-refractivity contribution in [2.45, 2.75) is 13.0 Å². The molecule has 0 saturated carbocycles. The summed E-state index contributed by atoms with van der Waals surface area (Å²) in [7, 11) is 0. The lowest BCUT2D eigenvalue weighted by atomic mass is 10.00. The maximum Gasteiger partial charge on any atom is 0.126 e. The van der Waals surface area contributed by atoms with E-state index >= 15 is 0 Å². The van der Waals surface area contributed by atoms with Gasteiger partial charge < -0.3 is 5.11 Å². The number of aliphatic hydroxyl groups excluding tert-OH is 1. The van der Waals surface area contributed by atoms with Crippen LogP contribution in [-0.2, 0) is 0 Å². The van der Waals surface area contributed by atoms with Gasteiger partial charge in [-0.1, -0.05) is 23.7 Å². The van der Waals surface area contributed by atoms with E-state index in [-0.39, 0.29) is 10.8 Å². The predicted molar refractivity (Wildman–Crippen MR) is 66.6 cm³/mol. The van der Waals surface area contributed by atoms with Gasteiger partial charge in [0, 0.05) is 5.02 Å². The number of halogens is 3. The Morgan fingerprint density at radius 3 is 2.39 bits per heavy atom. The average Bonchev–Trinajstić information content (AvgIpc) is 2.30. The lowest BCUT2D eigenvalue weighted by molar-refractivity contribution is 0.219. The summed E-state index contributed by atoms with van der Waals surface area (Å²) in [6, 6.07) is 8.11. The van der Waals surface area contributed by atoms with E-state index in [1.807, 2.05) is 0 Å². The molecule has 1 atom stereocenters. The Bertz CT molecular complexity index is 564. The molecule has 0 aliphatic rings. The van der Waals surface area contributed by atoms with Gasteiger partial charge in [0.1, 0.15) is 17.7 Å². The highest BCUT2D eigenvalue weighted by molar-refractivity contribution is 6.30. The van der Waals surface area contributed by atoms with E-state index in [2.05, 4.69) is 0 Å². The summed E-state index contributed by atoms with van der Waals surface area (Å²) in [4.78, 5) is 0. The van der Waals surface area contributed by atoms with Crippen LogP contribution in [0.5, 0.6) is 0 Å². The second kappa shape index (κ2) is 5.04. The summed E-state index contributed by atoms with van der Waals surface area (Å²) in [5.41, 5.74) is 1.26. The van der Waals surface area contributed by atoms with Crippen LogP contribution in [0.15, 0.2) is 36.4 Å². The molecule has 1 unspecified atom stereocenters. The summed E-state index contributed by atoms with van der Waals surface area (Å²) >= 11 is 5.73. The first-order chi connectivity index (χ1) is 8.47. The zero-order valence-electron chi connectivity index (χ0n) is 9.62. The van der Waals surface area contributed by atoms with Gasteiger partial charge in [0.2, 0.25) is 0 Å². The lowest BCUT2D eigenvalue weighted by Gasteiger charge is -2.13. The molecule has 0 aromatic heterocycles. The Hall–Kier alpha value is -1.45. The van der Waals surface area contributed by atoms with Crippen molar-refractivity contribution in [3.05, 3.63) is 69.7 Å². The third-order valence-corrected chi connectivity index (χ3v) is 2.92.